The Morgan fingerprint density at radius 2 is 2.15 bits per heavy atom. The van der Waals surface area contributed by atoms with Crippen LogP contribution in [-0.4, -0.2) is 24.5 Å². The molecule has 0 aliphatic heterocycles. The summed E-state index contributed by atoms with van der Waals surface area (Å²) >= 11 is 0. The molecule has 1 aromatic carbocycles. The van der Waals surface area contributed by atoms with Crippen LogP contribution in [0.5, 0.6) is 5.75 Å². The van der Waals surface area contributed by atoms with E-state index in [1.54, 1.807) is 31.5 Å². The van der Waals surface area contributed by atoms with E-state index in [0.29, 0.717) is 22.8 Å². The van der Waals surface area contributed by atoms with Gasteiger partial charge in [-0.05, 0) is 31.2 Å². The topological polar surface area (TPSA) is 63.2 Å². The lowest BCUT2D eigenvalue weighted by Gasteiger charge is -2.08. The summed E-state index contributed by atoms with van der Waals surface area (Å²) in [6.45, 7) is 2.73. The minimum Gasteiger partial charge on any atom is -0.497 e. The summed E-state index contributed by atoms with van der Waals surface area (Å²) < 4.78 is 5.12. The van der Waals surface area contributed by atoms with Crippen LogP contribution < -0.4 is 15.4 Å². The molecule has 0 radical (unpaired) electrons. The highest BCUT2D eigenvalue weighted by atomic mass is 16.5. The maximum Gasteiger partial charge on any atom is 0.255 e. The molecule has 0 spiro atoms. The number of hydrogen-bond donors (Lipinski definition) is 2. The van der Waals surface area contributed by atoms with Gasteiger partial charge in [0, 0.05) is 30.1 Å². The second-order valence-corrected chi connectivity index (χ2v) is 4.15. The summed E-state index contributed by atoms with van der Waals surface area (Å²) in [6, 6.07) is 10.6. The highest BCUT2D eigenvalue weighted by Crippen LogP contribution is 2.17. The molecule has 0 aliphatic rings. The quantitative estimate of drug-likeness (QED) is 0.877. The van der Waals surface area contributed by atoms with Gasteiger partial charge in [0.25, 0.3) is 5.91 Å². The van der Waals surface area contributed by atoms with Crippen LogP contribution in [0.2, 0.25) is 0 Å². The van der Waals surface area contributed by atoms with E-state index in [4.69, 9.17) is 4.74 Å². The number of nitrogens with one attached hydrogen (secondary N) is 2. The van der Waals surface area contributed by atoms with Crippen molar-refractivity contribution in [3.8, 4) is 5.75 Å². The Morgan fingerprint density at radius 3 is 2.90 bits per heavy atom. The lowest BCUT2D eigenvalue weighted by molar-refractivity contribution is 0.102. The second kappa shape index (κ2) is 6.56. The van der Waals surface area contributed by atoms with E-state index in [1.807, 2.05) is 25.1 Å². The number of pyridine rings is 1. The molecule has 0 bridgehead atoms. The number of rotatable bonds is 5. The van der Waals surface area contributed by atoms with Crippen LogP contribution in [0.4, 0.5) is 11.5 Å². The molecule has 0 aliphatic carbocycles. The van der Waals surface area contributed by atoms with Gasteiger partial charge in [0.2, 0.25) is 0 Å². The minimum atomic E-state index is -0.181. The van der Waals surface area contributed by atoms with Crippen molar-refractivity contribution in [2.45, 2.75) is 6.92 Å². The van der Waals surface area contributed by atoms with Crippen molar-refractivity contribution in [1.82, 2.24) is 4.98 Å². The maximum absolute atomic E-state index is 12.2. The third-order valence-corrected chi connectivity index (χ3v) is 2.71. The summed E-state index contributed by atoms with van der Waals surface area (Å²) in [5.41, 5.74) is 1.25. The number of benzene rings is 1. The Kier molecular flexibility index (Phi) is 4.55. The third kappa shape index (κ3) is 3.47. The molecule has 5 nitrogen and oxygen atoms in total. The lowest BCUT2D eigenvalue weighted by Crippen LogP contribution is -2.12. The molecular formula is C15H17N3O2. The number of carbonyl (C=O) groups is 1. The molecule has 0 unspecified atom stereocenters. The standard InChI is InChI=1S/C15H17N3O2/c1-3-16-14-9-11(7-8-17-14)15(19)18-12-5-4-6-13(10-12)20-2/h4-10H,3H2,1-2H3,(H,16,17)(H,18,19). The fraction of sp³-hybridized carbons (Fsp3) is 0.200. The molecular weight excluding hydrogens is 254 g/mol. The summed E-state index contributed by atoms with van der Waals surface area (Å²) in [6.07, 6.45) is 1.61. The number of carbonyl (C=O) groups excluding carboxylic acids is 1. The zero-order chi connectivity index (χ0) is 14.4. The Bertz CT molecular complexity index is 599. The fourth-order valence-electron chi connectivity index (χ4n) is 1.75. The van der Waals surface area contributed by atoms with Gasteiger partial charge in [-0.1, -0.05) is 6.07 Å². The smallest absolute Gasteiger partial charge is 0.255 e. The van der Waals surface area contributed by atoms with Crippen molar-refractivity contribution in [3.63, 3.8) is 0 Å². The Morgan fingerprint density at radius 1 is 1.30 bits per heavy atom. The average molecular weight is 271 g/mol. The number of nitrogens with zero attached hydrogens (tertiary/aromatic N) is 1. The maximum atomic E-state index is 12.2. The van der Waals surface area contributed by atoms with Gasteiger partial charge in [-0.3, -0.25) is 4.79 Å². The Hall–Kier alpha value is -2.56. The first-order valence-electron chi connectivity index (χ1n) is 6.38. The first kappa shape index (κ1) is 13.9. The van der Waals surface area contributed by atoms with E-state index in [2.05, 4.69) is 15.6 Å². The first-order chi connectivity index (χ1) is 9.72. The molecule has 2 rings (SSSR count). The number of aromatic nitrogens is 1. The molecule has 0 saturated heterocycles. The summed E-state index contributed by atoms with van der Waals surface area (Å²) in [4.78, 5) is 16.3. The molecule has 2 aromatic rings. The van der Waals surface area contributed by atoms with Crippen LogP contribution >= 0.6 is 0 Å². The van der Waals surface area contributed by atoms with E-state index in [1.165, 1.54) is 0 Å². The van der Waals surface area contributed by atoms with Gasteiger partial charge in [0.05, 0.1) is 7.11 Å². The molecule has 5 heteroatoms. The van der Waals surface area contributed by atoms with Gasteiger partial charge in [-0.2, -0.15) is 0 Å². The van der Waals surface area contributed by atoms with Crippen LogP contribution in [0, 0.1) is 0 Å². The van der Waals surface area contributed by atoms with Gasteiger partial charge in [-0.25, -0.2) is 4.98 Å². The molecule has 2 N–H and O–H groups in total. The third-order valence-electron chi connectivity index (χ3n) is 2.71. The molecule has 0 atom stereocenters. The van der Waals surface area contributed by atoms with Crippen molar-refractivity contribution in [2.75, 3.05) is 24.3 Å². The predicted molar refractivity (Wildman–Crippen MR) is 79.3 cm³/mol. The SMILES string of the molecule is CCNc1cc(C(=O)Nc2cccc(OC)c2)ccn1. The monoisotopic (exact) mass is 271 g/mol. The lowest BCUT2D eigenvalue weighted by atomic mass is 10.2. The molecule has 1 amide bonds. The molecule has 0 saturated carbocycles. The van der Waals surface area contributed by atoms with Gasteiger partial charge in [0.15, 0.2) is 0 Å². The largest absolute Gasteiger partial charge is 0.497 e. The van der Waals surface area contributed by atoms with Crippen LogP contribution in [0.1, 0.15) is 17.3 Å². The molecule has 1 heterocycles. The number of methoxy groups -OCH3 is 1. The predicted octanol–water partition coefficient (Wildman–Crippen LogP) is 2.77. The van der Waals surface area contributed by atoms with Gasteiger partial charge in [-0.15, -0.1) is 0 Å². The minimum absolute atomic E-state index is 0.181. The number of ether oxygens (including phenoxy) is 1. The van der Waals surface area contributed by atoms with Gasteiger partial charge >= 0.3 is 0 Å². The average Bonchev–Trinajstić information content (AvgIpc) is 2.48. The van der Waals surface area contributed by atoms with Crippen LogP contribution in [0.15, 0.2) is 42.6 Å². The molecule has 0 fully saturated rings. The Balaban J connectivity index is 2.12. The van der Waals surface area contributed by atoms with E-state index in [0.717, 1.165) is 6.54 Å². The normalized spacial score (nSPS) is 9.90. The van der Waals surface area contributed by atoms with Crippen LogP contribution in [0.25, 0.3) is 0 Å². The number of amides is 1. The van der Waals surface area contributed by atoms with Crippen molar-refractivity contribution >= 4 is 17.4 Å². The zero-order valence-corrected chi connectivity index (χ0v) is 11.5. The summed E-state index contributed by atoms with van der Waals surface area (Å²) in [5, 5.41) is 5.90. The first-order valence-corrected chi connectivity index (χ1v) is 6.38. The van der Waals surface area contributed by atoms with Gasteiger partial charge < -0.3 is 15.4 Å². The molecule has 104 valence electrons. The molecule has 20 heavy (non-hydrogen) atoms. The highest BCUT2D eigenvalue weighted by molar-refractivity contribution is 6.04. The van der Waals surface area contributed by atoms with Crippen molar-refractivity contribution in [1.29, 1.82) is 0 Å². The number of anilines is 2. The van der Waals surface area contributed by atoms with Gasteiger partial charge in [0.1, 0.15) is 11.6 Å². The van der Waals surface area contributed by atoms with E-state index in [9.17, 15) is 4.79 Å². The van der Waals surface area contributed by atoms with Crippen LogP contribution in [-0.2, 0) is 0 Å². The van der Waals surface area contributed by atoms with E-state index in [-0.39, 0.29) is 5.91 Å². The van der Waals surface area contributed by atoms with Crippen molar-refractivity contribution in [3.05, 3.63) is 48.2 Å². The number of hydrogen-bond acceptors (Lipinski definition) is 4. The highest BCUT2D eigenvalue weighted by Gasteiger charge is 2.07. The van der Waals surface area contributed by atoms with Crippen LogP contribution in [0.3, 0.4) is 0 Å². The van der Waals surface area contributed by atoms with E-state index < -0.39 is 0 Å². The van der Waals surface area contributed by atoms with E-state index >= 15 is 0 Å². The van der Waals surface area contributed by atoms with Crippen molar-refractivity contribution in [2.24, 2.45) is 0 Å². The van der Waals surface area contributed by atoms with Crippen molar-refractivity contribution < 1.29 is 9.53 Å². The Labute approximate surface area is 118 Å². The molecule has 1 aromatic heterocycles. The summed E-state index contributed by atoms with van der Waals surface area (Å²) in [5.74, 6) is 1.21. The fourth-order valence-corrected chi connectivity index (χ4v) is 1.75. The second-order valence-electron chi connectivity index (χ2n) is 4.15. The summed E-state index contributed by atoms with van der Waals surface area (Å²) in [7, 11) is 1.59. The zero-order valence-electron chi connectivity index (χ0n) is 11.5.